The number of benzene rings is 1. The summed E-state index contributed by atoms with van der Waals surface area (Å²) in [5.74, 6) is 0.904. The van der Waals surface area contributed by atoms with Gasteiger partial charge in [0.05, 0.1) is 0 Å². The summed E-state index contributed by atoms with van der Waals surface area (Å²) in [6, 6.07) is 7.56. The fourth-order valence-electron chi connectivity index (χ4n) is 2.99. The van der Waals surface area contributed by atoms with E-state index in [1.807, 2.05) is 0 Å². The van der Waals surface area contributed by atoms with E-state index in [0.717, 1.165) is 23.8 Å². The van der Waals surface area contributed by atoms with Gasteiger partial charge in [-0.1, -0.05) is 41.8 Å². The summed E-state index contributed by atoms with van der Waals surface area (Å²) in [6.07, 6.45) is 8.32. The van der Waals surface area contributed by atoms with Crippen molar-refractivity contribution < 1.29 is 0 Å². The lowest BCUT2D eigenvalue weighted by molar-refractivity contribution is 0.394. The topological polar surface area (TPSA) is 12.0 Å². The molecule has 0 saturated heterocycles. The lowest BCUT2D eigenvalue weighted by Crippen LogP contribution is -2.17. The molecule has 20 heavy (non-hydrogen) atoms. The molecule has 1 N–H and O–H groups in total. The average molecular weight is 354 g/mol. The molecule has 1 aromatic carbocycles. The van der Waals surface area contributed by atoms with Crippen molar-refractivity contribution in [2.75, 3.05) is 0 Å². The van der Waals surface area contributed by atoms with E-state index in [2.05, 4.69) is 58.1 Å². The van der Waals surface area contributed by atoms with Crippen LogP contribution in [0.25, 0.3) is 0 Å². The highest BCUT2D eigenvalue weighted by Crippen LogP contribution is 2.38. The van der Waals surface area contributed by atoms with Gasteiger partial charge in [0.15, 0.2) is 0 Å². The molecule has 0 amide bonds. The van der Waals surface area contributed by atoms with E-state index in [4.69, 9.17) is 0 Å². The van der Waals surface area contributed by atoms with Crippen molar-refractivity contribution in [3.63, 3.8) is 0 Å². The van der Waals surface area contributed by atoms with Crippen molar-refractivity contribution in [1.29, 1.82) is 0 Å². The first-order valence-electron chi connectivity index (χ1n) is 7.89. The van der Waals surface area contributed by atoms with Crippen LogP contribution in [0, 0.1) is 5.92 Å². The quantitative estimate of drug-likeness (QED) is 0.763. The Labute approximate surface area is 135 Å². The Kier molecular flexibility index (Phi) is 5.11. The zero-order valence-corrected chi connectivity index (χ0v) is 14.6. The highest BCUT2D eigenvalue weighted by molar-refractivity contribution is 9.10. The number of rotatable bonds is 5. The molecule has 3 heteroatoms. The van der Waals surface area contributed by atoms with Crippen LogP contribution in [0.4, 0.5) is 0 Å². The summed E-state index contributed by atoms with van der Waals surface area (Å²) in [7, 11) is 0. The van der Waals surface area contributed by atoms with Crippen molar-refractivity contribution in [3.05, 3.63) is 28.2 Å². The minimum Gasteiger partial charge on any atom is -0.310 e. The second kappa shape index (κ2) is 6.85. The third-order valence-corrected chi connectivity index (χ3v) is 6.26. The maximum Gasteiger partial charge on any atom is 0.0219 e. The zero-order valence-electron chi connectivity index (χ0n) is 12.2. The summed E-state index contributed by atoms with van der Waals surface area (Å²) >= 11 is 5.74. The van der Waals surface area contributed by atoms with Gasteiger partial charge in [0, 0.05) is 27.2 Å². The number of hydrogen-bond acceptors (Lipinski definition) is 2. The second-order valence-corrected chi connectivity index (χ2v) is 8.68. The van der Waals surface area contributed by atoms with E-state index in [1.54, 1.807) is 0 Å². The molecule has 0 spiro atoms. The molecule has 110 valence electrons. The molecule has 2 aliphatic carbocycles. The van der Waals surface area contributed by atoms with Crippen LogP contribution >= 0.6 is 27.7 Å². The molecular weight excluding hydrogens is 330 g/mol. The van der Waals surface area contributed by atoms with Gasteiger partial charge in [-0.15, -0.1) is 11.8 Å². The van der Waals surface area contributed by atoms with Crippen molar-refractivity contribution >= 4 is 27.7 Å². The maximum absolute atomic E-state index is 3.65. The molecule has 2 unspecified atom stereocenters. The first kappa shape index (κ1) is 14.9. The van der Waals surface area contributed by atoms with Gasteiger partial charge in [-0.25, -0.2) is 0 Å². The zero-order chi connectivity index (χ0) is 13.9. The Hall–Kier alpha value is 0.01000. The third kappa shape index (κ3) is 4.25. The second-order valence-electron chi connectivity index (χ2n) is 6.42. The normalized spacial score (nSPS) is 26.7. The van der Waals surface area contributed by atoms with Crippen molar-refractivity contribution in [2.24, 2.45) is 5.92 Å². The molecule has 0 radical (unpaired) electrons. The number of halogens is 1. The Morgan fingerprint density at radius 3 is 2.85 bits per heavy atom. The highest BCUT2D eigenvalue weighted by Gasteiger charge is 2.23. The Bertz CT molecular complexity index is 458. The number of thioether (sulfide) groups is 1. The van der Waals surface area contributed by atoms with Crippen LogP contribution in [-0.4, -0.2) is 11.3 Å². The van der Waals surface area contributed by atoms with Gasteiger partial charge >= 0.3 is 0 Å². The van der Waals surface area contributed by atoms with Crippen LogP contribution in [0.1, 0.15) is 51.0 Å². The van der Waals surface area contributed by atoms with Gasteiger partial charge < -0.3 is 5.32 Å². The Balaban J connectivity index is 1.67. The molecule has 2 aliphatic rings. The van der Waals surface area contributed by atoms with Crippen molar-refractivity contribution in [1.82, 2.24) is 5.32 Å². The van der Waals surface area contributed by atoms with Gasteiger partial charge in [-0.2, -0.15) is 0 Å². The Morgan fingerprint density at radius 1 is 1.25 bits per heavy atom. The predicted octanol–water partition coefficient (Wildman–Crippen LogP) is 5.37. The first-order chi connectivity index (χ1) is 9.70. The van der Waals surface area contributed by atoms with Crippen LogP contribution in [-0.2, 0) is 6.54 Å². The van der Waals surface area contributed by atoms with E-state index in [1.165, 1.54) is 53.5 Å². The number of hydrogen-bond donors (Lipinski definition) is 1. The van der Waals surface area contributed by atoms with Gasteiger partial charge in [-0.05, 0) is 49.3 Å². The summed E-state index contributed by atoms with van der Waals surface area (Å²) in [5.41, 5.74) is 1.48. The standard InChI is InChI=1S/C17H24BrNS/c1-12-3-2-4-16(9-12)20-17-10-14(18)6-5-13(17)11-19-15-7-8-15/h5-6,10,12,15-16,19H,2-4,7-9,11H2,1H3. The molecule has 2 fully saturated rings. The molecule has 0 heterocycles. The lowest BCUT2D eigenvalue weighted by atomic mass is 9.91. The van der Waals surface area contributed by atoms with Crippen LogP contribution in [0.3, 0.4) is 0 Å². The molecule has 0 aromatic heterocycles. The smallest absolute Gasteiger partial charge is 0.0219 e. The fraction of sp³-hybridized carbons (Fsp3) is 0.647. The summed E-state index contributed by atoms with van der Waals surface area (Å²) < 4.78 is 1.21. The minimum atomic E-state index is 0.784. The predicted molar refractivity (Wildman–Crippen MR) is 91.3 cm³/mol. The molecule has 3 rings (SSSR count). The SMILES string of the molecule is CC1CCCC(Sc2cc(Br)ccc2CNC2CC2)C1. The summed E-state index contributed by atoms with van der Waals surface area (Å²) in [6.45, 7) is 3.44. The fourth-order valence-corrected chi connectivity index (χ4v) is 5.06. The van der Waals surface area contributed by atoms with E-state index in [-0.39, 0.29) is 0 Å². The molecule has 0 bridgehead atoms. The van der Waals surface area contributed by atoms with Crippen LogP contribution in [0.15, 0.2) is 27.6 Å². The molecule has 2 saturated carbocycles. The Morgan fingerprint density at radius 2 is 2.10 bits per heavy atom. The first-order valence-corrected chi connectivity index (χ1v) is 9.56. The lowest BCUT2D eigenvalue weighted by Gasteiger charge is -2.27. The third-order valence-electron chi connectivity index (χ3n) is 4.37. The maximum atomic E-state index is 3.65. The van der Waals surface area contributed by atoms with Gasteiger partial charge in [-0.3, -0.25) is 0 Å². The minimum absolute atomic E-state index is 0.784. The van der Waals surface area contributed by atoms with E-state index < -0.39 is 0 Å². The largest absolute Gasteiger partial charge is 0.310 e. The number of nitrogens with one attached hydrogen (secondary N) is 1. The van der Waals surface area contributed by atoms with E-state index >= 15 is 0 Å². The van der Waals surface area contributed by atoms with Gasteiger partial charge in [0.2, 0.25) is 0 Å². The van der Waals surface area contributed by atoms with Crippen LogP contribution in [0.2, 0.25) is 0 Å². The van der Waals surface area contributed by atoms with Crippen LogP contribution in [0.5, 0.6) is 0 Å². The van der Waals surface area contributed by atoms with E-state index in [9.17, 15) is 0 Å². The monoisotopic (exact) mass is 353 g/mol. The molecule has 1 aromatic rings. The van der Waals surface area contributed by atoms with Gasteiger partial charge in [0.25, 0.3) is 0 Å². The molecule has 2 atom stereocenters. The van der Waals surface area contributed by atoms with Crippen molar-refractivity contribution in [3.8, 4) is 0 Å². The highest BCUT2D eigenvalue weighted by atomic mass is 79.9. The van der Waals surface area contributed by atoms with Crippen LogP contribution < -0.4 is 5.32 Å². The van der Waals surface area contributed by atoms with E-state index in [0.29, 0.717) is 0 Å². The van der Waals surface area contributed by atoms with Crippen molar-refractivity contribution in [2.45, 2.75) is 68.2 Å². The molecule has 0 aliphatic heterocycles. The summed E-state index contributed by atoms with van der Waals surface area (Å²) in [5, 5.41) is 4.46. The van der Waals surface area contributed by atoms with Gasteiger partial charge in [0.1, 0.15) is 0 Å². The summed E-state index contributed by atoms with van der Waals surface area (Å²) in [4.78, 5) is 1.48. The molecular formula is C17H24BrNS. The average Bonchev–Trinajstić information content (AvgIpc) is 3.22. The molecule has 1 nitrogen and oxygen atoms in total.